The molecule has 1 fully saturated rings. The van der Waals surface area contributed by atoms with E-state index in [1.807, 2.05) is 48.5 Å². The molecular weight excluding hydrogens is 518 g/mol. The Morgan fingerprint density at radius 1 is 1.03 bits per heavy atom. The van der Waals surface area contributed by atoms with Crippen LogP contribution in [0.1, 0.15) is 36.2 Å². The van der Waals surface area contributed by atoms with Crippen LogP contribution in [0.3, 0.4) is 0 Å². The van der Waals surface area contributed by atoms with Crippen molar-refractivity contribution in [3.05, 3.63) is 83.9 Å². The lowest BCUT2D eigenvalue weighted by molar-refractivity contribution is 0.0985. The van der Waals surface area contributed by atoms with Gasteiger partial charge in [0.1, 0.15) is 5.75 Å². The van der Waals surface area contributed by atoms with Crippen LogP contribution in [0.15, 0.2) is 77.7 Å². The highest BCUT2D eigenvalue weighted by atomic mass is 32.2. The normalized spacial score (nSPS) is 18.4. The van der Waals surface area contributed by atoms with Gasteiger partial charge < -0.3 is 4.74 Å². The Balaban J connectivity index is 1.45. The van der Waals surface area contributed by atoms with E-state index in [0.717, 1.165) is 22.2 Å². The summed E-state index contributed by atoms with van der Waals surface area (Å²) in [6.07, 6.45) is 1.02. The molecule has 1 saturated heterocycles. The number of ether oxygens (including phenoxy) is 1. The molecule has 0 bridgehead atoms. The van der Waals surface area contributed by atoms with Gasteiger partial charge in [-0.2, -0.15) is 4.31 Å². The highest BCUT2D eigenvalue weighted by Crippen LogP contribution is 2.33. The van der Waals surface area contributed by atoms with Crippen LogP contribution in [0.4, 0.5) is 5.13 Å². The number of amides is 1. The summed E-state index contributed by atoms with van der Waals surface area (Å²) >= 11 is 1.43. The van der Waals surface area contributed by atoms with Crippen LogP contribution in [0.25, 0.3) is 10.2 Å². The van der Waals surface area contributed by atoms with E-state index in [1.165, 1.54) is 23.5 Å². The molecule has 1 aliphatic rings. The molecule has 198 valence electrons. The standard InChI is InChI=1S/C29H31N3O4S2/c1-20-15-21(2)18-31(17-20)38(34,35)25-12-9-23(10-13-25)28(33)32(19-22-7-5-4-6-8-22)29-30-26-16-24(36-3)11-14-27(26)37-29/h4-14,16,20-21H,15,17-19H2,1-3H3. The first-order valence-corrected chi connectivity index (χ1v) is 14.9. The Labute approximate surface area is 227 Å². The number of hydrogen-bond donors (Lipinski definition) is 0. The molecule has 9 heteroatoms. The minimum atomic E-state index is -3.63. The minimum absolute atomic E-state index is 0.206. The fourth-order valence-electron chi connectivity index (χ4n) is 5.01. The second-order valence-corrected chi connectivity index (χ2v) is 12.9. The average molecular weight is 550 g/mol. The Morgan fingerprint density at radius 2 is 1.71 bits per heavy atom. The molecule has 2 atom stereocenters. The molecule has 0 spiro atoms. The van der Waals surface area contributed by atoms with Crippen molar-refractivity contribution in [2.24, 2.45) is 11.8 Å². The summed E-state index contributed by atoms with van der Waals surface area (Å²) in [4.78, 5) is 20.4. The van der Waals surface area contributed by atoms with Gasteiger partial charge in [0, 0.05) is 24.7 Å². The lowest BCUT2D eigenvalue weighted by atomic mass is 9.94. The van der Waals surface area contributed by atoms with Gasteiger partial charge in [-0.05, 0) is 60.2 Å². The lowest BCUT2D eigenvalue weighted by Crippen LogP contribution is -2.42. The van der Waals surface area contributed by atoms with Crippen LogP contribution >= 0.6 is 11.3 Å². The quantitative estimate of drug-likeness (QED) is 0.290. The minimum Gasteiger partial charge on any atom is -0.497 e. The molecule has 0 aliphatic carbocycles. The van der Waals surface area contributed by atoms with Crippen molar-refractivity contribution in [1.82, 2.24) is 9.29 Å². The summed E-state index contributed by atoms with van der Waals surface area (Å²) < 4.78 is 34.5. The first-order valence-electron chi connectivity index (χ1n) is 12.6. The van der Waals surface area contributed by atoms with E-state index >= 15 is 0 Å². The highest BCUT2D eigenvalue weighted by Gasteiger charge is 2.32. The fraction of sp³-hybridized carbons (Fsp3) is 0.310. The van der Waals surface area contributed by atoms with Crippen molar-refractivity contribution in [1.29, 1.82) is 0 Å². The number of aromatic nitrogens is 1. The van der Waals surface area contributed by atoms with Crippen LogP contribution in [0.5, 0.6) is 5.75 Å². The number of methoxy groups -OCH3 is 1. The molecule has 1 aliphatic heterocycles. The molecule has 38 heavy (non-hydrogen) atoms. The predicted octanol–water partition coefficient (Wildman–Crippen LogP) is 5.82. The summed E-state index contributed by atoms with van der Waals surface area (Å²) in [5.74, 6) is 1.08. The van der Waals surface area contributed by atoms with E-state index in [1.54, 1.807) is 28.4 Å². The van der Waals surface area contributed by atoms with E-state index in [-0.39, 0.29) is 10.8 Å². The van der Waals surface area contributed by atoms with Gasteiger partial charge in [-0.1, -0.05) is 55.5 Å². The predicted molar refractivity (Wildman–Crippen MR) is 151 cm³/mol. The van der Waals surface area contributed by atoms with Crippen molar-refractivity contribution < 1.29 is 17.9 Å². The smallest absolute Gasteiger partial charge is 0.260 e. The van der Waals surface area contributed by atoms with Gasteiger partial charge in [0.2, 0.25) is 10.0 Å². The zero-order valence-electron chi connectivity index (χ0n) is 21.7. The van der Waals surface area contributed by atoms with Gasteiger partial charge >= 0.3 is 0 Å². The third-order valence-corrected chi connectivity index (χ3v) is 9.72. The second-order valence-electron chi connectivity index (χ2n) is 10.00. The van der Waals surface area contributed by atoms with Gasteiger partial charge in [0.15, 0.2) is 5.13 Å². The number of rotatable bonds is 7. The first-order chi connectivity index (χ1) is 18.2. The SMILES string of the molecule is COc1ccc2sc(N(Cc3ccccc3)C(=O)c3ccc(S(=O)(=O)N4CC(C)CC(C)C4)cc3)nc2c1. The van der Waals surface area contributed by atoms with Crippen molar-refractivity contribution in [2.45, 2.75) is 31.7 Å². The number of hydrogen-bond acceptors (Lipinski definition) is 6. The number of thiazole rings is 1. The van der Waals surface area contributed by atoms with E-state index in [0.29, 0.717) is 47.9 Å². The Hall–Kier alpha value is -3.27. The lowest BCUT2D eigenvalue weighted by Gasteiger charge is -2.34. The molecule has 2 unspecified atom stereocenters. The molecule has 0 saturated carbocycles. The van der Waals surface area contributed by atoms with E-state index in [2.05, 4.69) is 13.8 Å². The maximum atomic E-state index is 13.8. The zero-order valence-corrected chi connectivity index (χ0v) is 23.3. The van der Waals surface area contributed by atoms with Crippen molar-refractivity contribution in [3.8, 4) is 5.75 Å². The van der Waals surface area contributed by atoms with E-state index < -0.39 is 10.0 Å². The molecule has 5 rings (SSSR count). The fourth-order valence-corrected chi connectivity index (χ4v) is 7.63. The maximum absolute atomic E-state index is 13.8. The van der Waals surface area contributed by atoms with Crippen LogP contribution in [0, 0.1) is 11.8 Å². The molecule has 7 nitrogen and oxygen atoms in total. The molecule has 0 N–H and O–H groups in total. The summed E-state index contributed by atoms with van der Waals surface area (Å²) in [5.41, 5.74) is 2.11. The van der Waals surface area contributed by atoms with Crippen molar-refractivity contribution >= 4 is 42.6 Å². The summed E-state index contributed by atoms with van der Waals surface area (Å²) in [6.45, 7) is 5.53. The largest absolute Gasteiger partial charge is 0.497 e. The maximum Gasteiger partial charge on any atom is 0.260 e. The molecule has 1 aromatic heterocycles. The number of anilines is 1. The molecule has 4 aromatic rings. The molecular formula is C29H31N3O4S2. The summed E-state index contributed by atoms with van der Waals surface area (Å²) in [7, 11) is -2.02. The number of carbonyl (C=O) groups is 1. The zero-order chi connectivity index (χ0) is 26.9. The monoisotopic (exact) mass is 549 g/mol. The van der Waals surface area contributed by atoms with Gasteiger partial charge in [-0.15, -0.1) is 0 Å². The number of benzene rings is 3. The second kappa shape index (κ2) is 10.8. The number of piperidine rings is 1. The van der Waals surface area contributed by atoms with Crippen LogP contribution in [0.2, 0.25) is 0 Å². The highest BCUT2D eigenvalue weighted by molar-refractivity contribution is 7.89. The molecule has 0 radical (unpaired) electrons. The third-order valence-electron chi connectivity index (χ3n) is 6.82. The van der Waals surface area contributed by atoms with Crippen LogP contribution in [-0.4, -0.2) is 43.8 Å². The molecule has 3 aromatic carbocycles. The summed E-state index contributed by atoms with van der Waals surface area (Å²) in [6, 6.07) is 21.7. The van der Waals surface area contributed by atoms with Gasteiger partial charge in [0.05, 0.1) is 28.8 Å². The Kier molecular flexibility index (Phi) is 7.52. The number of carbonyl (C=O) groups excluding carboxylic acids is 1. The Morgan fingerprint density at radius 3 is 2.37 bits per heavy atom. The van der Waals surface area contributed by atoms with Gasteiger partial charge in [-0.3, -0.25) is 9.69 Å². The number of sulfonamides is 1. The summed E-state index contributed by atoms with van der Waals surface area (Å²) in [5, 5.41) is 0.565. The first kappa shape index (κ1) is 26.3. The van der Waals surface area contributed by atoms with E-state index in [4.69, 9.17) is 9.72 Å². The molecule has 1 amide bonds. The molecule has 2 heterocycles. The third kappa shape index (κ3) is 5.45. The van der Waals surface area contributed by atoms with E-state index in [9.17, 15) is 13.2 Å². The Bertz CT molecular complexity index is 1530. The van der Waals surface area contributed by atoms with Crippen molar-refractivity contribution in [2.75, 3.05) is 25.1 Å². The van der Waals surface area contributed by atoms with Crippen molar-refractivity contribution in [3.63, 3.8) is 0 Å². The van der Waals surface area contributed by atoms with Crippen LogP contribution < -0.4 is 9.64 Å². The average Bonchev–Trinajstić information content (AvgIpc) is 3.34. The topological polar surface area (TPSA) is 79.8 Å². The number of nitrogens with zero attached hydrogens (tertiary/aromatic N) is 3. The van der Waals surface area contributed by atoms with Crippen LogP contribution in [-0.2, 0) is 16.6 Å². The van der Waals surface area contributed by atoms with Gasteiger partial charge in [0.25, 0.3) is 5.91 Å². The van der Waals surface area contributed by atoms with Gasteiger partial charge in [-0.25, -0.2) is 13.4 Å². The number of fused-ring (bicyclic) bond motifs is 1.